The van der Waals surface area contributed by atoms with Crippen LogP contribution in [0.4, 0.5) is 0 Å². The van der Waals surface area contributed by atoms with Crippen LogP contribution in [0.3, 0.4) is 0 Å². The van der Waals surface area contributed by atoms with Gasteiger partial charge in [-0.3, -0.25) is 4.79 Å². The summed E-state index contributed by atoms with van der Waals surface area (Å²) in [5.41, 5.74) is 0.429. The van der Waals surface area contributed by atoms with Gasteiger partial charge < -0.3 is 4.74 Å². The van der Waals surface area contributed by atoms with Crippen molar-refractivity contribution in [2.45, 2.75) is 50.6 Å². The van der Waals surface area contributed by atoms with E-state index < -0.39 is 5.60 Å². The van der Waals surface area contributed by atoms with Crippen molar-refractivity contribution in [3.63, 3.8) is 0 Å². The van der Waals surface area contributed by atoms with E-state index in [4.69, 9.17) is 4.74 Å². The van der Waals surface area contributed by atoms with Crippen molar-refractivity contribution in [2.75, 3.05) is 0 Å². The number of hydrogen-bond donors (Lipinski definition) is 0. The number of aromatic nitrogens is 2. The van der Waals surface area contributed by atoms with Gasteiger partial charge in [-0.05, 0) is 40.7 Å². The van der Waals surface area contributed by atoms with E-state index in [1.807, 2.05) is 33.8 Å². The summed E-state index contributed by atoms with van der Waals surface area (Å²) in [6.45, 7) is 9.25. The van der Waals surface area contributed by atoms with Gasteiger partial charge in [0.15, 0.2) is 5.16 Å². The van der Waals surface area contributed by atoms with Crippen LogP contribution in [-0.4, -0.2) is 26.8 Å². The molecule has 0 aliphatic rings. The number of rotatable bonds is 3. The Morgan fingerprint density at radius 3 is 2.65 bits per heavy atom. The summed E-state index contributed by atoms with van der Waals surface area (Å²) in [5.74, 6) is -0.243. The summed E-state index contributed by atoms with van der Waals surface area (Å²) >= 11 is 1.31. The van der Waals surface area contributed by atoms with Crippen molar-refractivity contribution in [3.8, 4) is 0 Å². The molecule has 1 heterocycles. The minimum Gasteiger partial charge on any atom is -0.459 e. The van der Waals surface area contributed by atoms with Gasteiger partial charge in [-0.15, -0.1) is 0 Å². The van der Waals surface area contributed by atoms with Crippen LogP contribution >= 0.6 is 11.8 Å². The van der Waals surface area contributed by atoms with E-state index in [0.29, 0.717) is 5.16 Å². The van der Waals surface area contributed by atoms with Crippen LogP contribution in [0.1, 0.15) is 33.4 Å². The Morgan fingerprint density at radius 1 is 1.47 bits per heavy atom. The van der Waals surface area contributed by atoms with Gasteiger partial charge in [-0.1, -0.05) is 11.8 Å². The summed E-state index contributed by atoms with van der Waals surface area (Å²) in [6, 6.07) is 1.82. The van der Waals surface area contributed by atoms with E-state index in [1.54, 1.807) is 13.1 Å². The van der Waals surface area contributed by atoms with E-state index in [-0.39, 0.29) is 11.2 Å². The molecule has 0 radical (unpaired) electrons. The molecule has 1 unspecified atom stereocenters. The number of carbonyl (C=O) groups is 1. The third kappa shape index (κ3) is 5.17. The third-order valence-electron chi connectivity index (χ3n) is 1.79. The predicted molar refractivity (Wildman–Crippen MR) is 67.9 cm³/mol. The van der Waals surface area contributed by atoms with Crippen LogP contribution in [0.5, 0.6) is 0 Å². The second kappa shape index (κ2) is 5.49. The Kier molecular flexibility index (Phi) is 4.51. The predicted octanol–water partition coefficient (Wildman–Crippen LogP) is 2.61. The maximum atomic E-state index is 11.7. The first-order valence-corrected chi connectivity index (χ1v) is 6.35. The standard InChI is InChI=1S/C12H18N2O2S/c1-8-6-7-13-11(14-8)17-9(2)10(15)16-12(3,4)5/h6-7,9H,1-5H3. The number of aryl methyl sites for hydroxylation is 1. The van der Waals surface area contributed by atoms with Crippen molar-refractivity contribution < 1.29 is 9.53 Å². The summed E-state index contributed by atoms with van der Waals surface area (Å²) in [7, 11) is 0. The van der Waals surface area contributed by atoms with Gasteiger partial charge in [0.25, 0.3) is 0 Å². The zero-order valence-corrected chi connectivity index (χ0v) is 11.7. The molecule has 0 amide bonds. The second-order valence-corrected chi connectivity index (χ2v) is 6.08. The number of thioether (sulfide) groups is 1. The monoisotopic (exact) mass is 254 g/mol. The highest BCUT2D eigenvalue weighted by molar-refractivity contribution is 8.00. The van der Waals surface area contributed by atoms with Gasteiger partial charge in [0.05, 0.1) is 0 Å². The maximum Gasteiger partial charge on any atom is 0.319 e. The first-order valence-electron chi connectivity index (χ1n) is 5.47. The minimum atomic E-state index is -0.459. The average molecular weight is 254 g/mol. The van der Waals surface area contributed by atoms with Crippen LogP contribution in [0, 0.1) is 6.92 Å². The van der Waals surface area contributed by atoms with Crippen molar-refractivity contribution in [1.82, 2.24) is 9.97 Å². The highest BCUT2D eigenvalue weighted by atomic mass is 32.2. The molecule has 4 nitrogen and oxygen atoms in total. The molecule has 5 heteroatoms. The molecule has 1 atom stereocenters. The van der Waals surface area contributed by atoms with E-state index in [9.17, 15) is 4.79 Å². The second-order valence-electron chi connectivity index (χ2n) is 4.77. The first kappa shape index (κ1) is 14.0. The SMILES string of the molecule is Cc1ccnc(SC(C)C(=O)OC(C)(C)C)n1. The lowest BCUT2D eigenvalue weighted by Crippen LogP contribution is -2.28. The Bertz CT molecular complexity index is 402. The van der Waals surface area contributed by atoms with Crippen molar-refractivity contribution in [2.24, 2.45) is 0 Å². The minimum absolute atomic E-state index is 0.243. The van der Waals surface area contributed by atoms with Crippen LogP contribution < -0.4 is 0 Å². The van der Waals surface area contributed by atoms with Gasteiger partial charge in [0.1, 0.15) is 10.9 Å². The molecule has 1 rings (SSSR count). The van der Waals surface area contributed by atoms with E-state index in [2.05, 4.69) is 9.97 Å². The lowest BCUT2D eigenvalue weighted by Gasteiger charge is -2.21. The molecular formula is C12H18N2O2S. The fraction of sp³-hybridized carbons (Fsp3) is 0.583. The van der Waals surface area contributed by atoms with Gasteiger partial charge >= 0.3 is 5.97 Å². The number of esters is 1. The van der Waals surface area contributed by atoms with Crippen molar-refractivity contribution in [1.29, 1.82) is 0 Å². The van der Waals surface area contributed by atoms with Crippen LogP contribution in [0.25, 0.3) is 0 Å². The molecule has 94 valence electrons. The molecule has 17 heavy (non-hydrogen) atoms. The van der Waals surface area contributed by atoms with E-state index in [1.165, 1.54) is 11.8 Å². The Labute approximate surface area is 106 Å². The van der Waals surface area contributed by atoms with E-state index >= 15 is 0 Å². The molecule has 0 bridgehead atoms. The summed E-state index contributed by atoms with van der Waals surface area (Å²) in [4.78, 5) is 20.1. The maximum absolute atomic E-state index is 11.7. The quantitative estimate of drug-likeness (QED) is 0.471. The molecule has 0 aliphatic heterocycles. The molecule has 1 aromatic heterocycles. The molecule has 0 fully saturated rings. The lowest BCUT2D eigenvalue weighted by atomic mass is 10.2. The van der Waals surface area contributed by atoms with Crippen molar-refractivity contribution in [3.05, 3.63) is 18.0 Å². The molecule has 0 saturated carbocycles. The van der Waals surface area contributed by atoms with Gasteiger partial charge in [-0.25, -0.2) is 9.97 Å². The number of nitrogens with zero attached hydrogens (tertiary/aromatic N) is 2. The average Bonchev–Trinajstić information content (AvgIpc) is 2.14. The van der Waals surface area contributed by atoms with Crippen LogP contribution in [-0.2, 0) is 9.53 Å². The summed E-state index contributed by atoms with van der Waals surface area (Å²) < 4.78 is 5.29. The van der Waals surface area contributed by atoms with Crippen molar-refractivity contribution >= 4 is 17.7 Å². The Hall–Kier alpha value is -1.10. The lowest BCUT2D eigenvalue weighted by molar-refractivity contribution is -0.153. The zero-order chi connectivity index (χ0) is 13.1. The fourth-order valence-electron chi connectivity index (χ4n) is 1.07. The normalized spacial score (nSPS) is 13.2. The van der Waals surface area contributed by atoms with E-state index in [0.717, 1.165) is 5.69 Å². The highest BCUT2D eigenvalue weighted by Gasteiger charge is 2.23. The number of carbonyl (C=O) groups excluding carboxylic acids is 1. The van der Waals surface area contributed by atoms with Gasteiger partial charge in [0, 0.05) is 11.9 Å². The molecule has 1 aromatic rings. The molecule has 0 spiro atoms. The molecule has 0 N–H and O–H groups in total. The molecule has 0 aliphatic carbocycles. The zero-order valence-electron chi connectivity index (χ0n) is 10.9. The first-order chi connectivity index (χ1) is 7.78. The smallest absolute Gasteiger partial charge is 0.319 e. The van der Waals surface area contributed by atoms with Crippen LogP contribution in [0.15, 0.2) is 17.4 Å². The topological polar surface area (TPSA) is 52.1 Å². The molecular weight excluding hydrogens is 236 g/mol. The molecule has 0 saturated heterocycles. The summed E-state index contributed by atoms with van der Waals surface area (Å²) in [5, 5.41) is 0.291. The third-order valence-corrected chi connectivity index (χ3v) is 2.75. The Morgan fingerprint density at radius 2 is 2.12 bits per heavy atom. The van der Waals surface area contributed by atoms with Crippen LogP contribution in [0.2, 0.25) is 0 Å². The number of hydrogen-bond acceptors (Lipinski definition) is 5. The molecule has 0 aromatic carbocycles. The van der Waals surface area contributed by atoms with Gasteiger partial charge in [0.2, 0.25) is 0 Å². The largest absolute Gasteiger partial charge is 0.459 e. The summed E-state index contributed by atoms with van der Waals surface area (Å²) in [6.07, 6.45) is 1.69. The number of ether oxygens (including phenoxy) is 1. The fourth-order valence-corrected chi connectivity index (χ4v) is 1.85. The Balaban J connectivity index is 2.60. The van der Waals surface area contributed by atoms with Gasteiger partial charge in [-0.2, -0.15) is 0 Å². The highest BCUT2D eigenvalue weighted by Crippen LogP contribution is 2.22.